The highest BCUT2D eigenvalue weighted by molar-refractivity contribution is 7.99. The molecule has 6 nitrogen and oxygen atoms in total. The van der Waals surface area contributed by atoms with Crippen molar-refractivity contribution in [1.29, 1.82) is 0 Å². The minimum Gasteiger partial charge on any atom is -0.229 e. The van der Waals surface area contributed by atoms with Crippen molar-refractivity contribution in [2.75, 3.05) is 0 Å². The van der Waals surface area contributed by atoms with Crippen LogP contribution in [0.4, 0.5) is 0 Å². The van der Waals surface area contributed by atoms with E-state index >= 15 is 0 Å². The van der Waals surface area contributed by atoms with Gasteiger partial charge in [0.1, 0.15) is 16.2 Å². The molecule has 0 aliphatic carbocycles. The van der Waals surface area contributed by atoms with Crippen molar-refractivity contribution < 1.29 is 0 Å². The first-order valence-electron chi connectivity index (χ1n) is 7.41. The predicted octanol–water partition coefficient (Wildman–Crippen LogP) is 3.49. The fourth-order valence-electron chi connectivity index (χ4n) is 2.44. The molecule has 0 spiro atoms. The summed E-state index contributed by atoms with van der Waals surface area (Å²) in [4.78, 5) is 11.1. The molecule has 3 aromatic heterocycles. The van der Waals surface area contributed by atoms with E-state index in [9.17, 15) is 0 Å². The van der Waals surface area contributed by atoms with Gasteiger partial charge in [0.15, 0.2) is 0 Å². The lowest BCUT2D eigenvalue weighted by Gasteiger charge is -2.05. The fourth-order valence-corrected chi connectivity index (χ4v) is 4.41. The minimum absolute atomic E-state index is 0.631. The first kappa shape index (κ1) is 15.2. The van der Waals surface area contributed by atoms with E-state index in [1.54, 1.807) is 22.3 Å². The summed E-state index contributed by atoms with van der Waals surface area (Å²) in [5, 5.41) is 14.8. The standard InChI is InChI=1S/C16H14N6S2/c1-10-11(2)23-14-13(10)15(18-9-17-14)24-16-19-20-21-22(16)8-12-6-4-3-5-7-12/h3-7,9H,8H2,1-2H3. The molecule has 0 unspecified atom stereocenters. The molecule has 4 aromatic rings. The third-order valence-electron chi connectivity index (χ3n) is 3.79. The van der Waals surface area contributed by atoms with Gasteiger partial charge >= 0.3 is 0 Å². The molecule has 0 atom stereocenters. The molecule has 0 saturated heterocycles. The molecule has 120 valence electrons. The largest absolute Gasteiger partial charge is 0.229 e. The smallest absolute Gasteiger partial charge is 0.215 e. The summed E-state index contributed by atoms with van der Waals surface area (Å²) in [5.41, 5.74) is 2.38. The topological polar surface area (TPSA) is 69.4 Å². The normalized spacial score (nSPS) is 11.2. The van der Waals surface area contributed by atoms with Crippen LogP contribution in [0.2, 0.25) is 0 Å². The van der Waals surface area contributed by atoms with Crippen LogP contribution in [0.25, 0.3) is 10.2 Å². The molecule has 8 heteroatoms. The number of hydrogen-bond donors (Lipinski definition) is 0. The van der Waals surface area contributed by atoms with Gasteiger partial charge in [-0.3, -0.25) is 0 Å². The molecule has 4 rings (SSSR count). The first-order chi connectivity index (χ1) is 11.7. The van der Waals surface area contributed by atoms with Gasteiger partial charge in [-0.05, 0) is 47.2 Å². The van der Waals surface area contributed by atoms with Crippen LogP contribution in [-0.4, -0.2) is 30.2 Å². The van der Waals surface area contributed by atoms with E-state index in [0.29, 0.717) is 6.54 Å². The van der Waals surface area contributed by atoms with Crippen molar-refractivity contribution >= 4 is 33.3 Å². The second-order valence-corrected chi connectivity index (χ2v) is 7.51. The maximum Gasteiger partial charge on any atom is 0.215 e. The number of hydrogen-bond acceptors (Lipinski definition) is 7. The van der Waals surface area contributed by atoms with Gasteiger partial charge in [-0.1, -0.05) is 30.3 Å². The lowest BCUT2D eigenvalue weighted by atomic mass is 10.2. The molecule has 0 aliphatic heterocycles. The zero-order valence-electron chi connectivity index (χ0n) is 13.2. The molecule has 24 heavy (non-hydrogen) atoms. The highest BCUT2D eigenvalue weighted by Crippen LogP contribution is 2.36. The van der Waals surface area contributed by atoms with E-state index in [0.717, 1.165) is 26.0 Å². The zero-order valence-corrected chi connectivity index (χ0v) is 14.8. The number of benzene rings is 1. The summed E-state index contributed by atoms with van der Waals surface area (Å²) in [7, 11) is 0. The van der Waals surface area contributed by atoms with Crippen LogP contribution in [0.5, 0.6) is 0 Å². The average molecular weight is 354 g/mol. The van der Waals surface area contributed by atoms with E-state index in [1.807, 2.05) is 18.2 Å². The molecule has 0 amide bonds. The van der Waals surface area contributed by atoms with Gasteiger partial charge in [0.25, 0.3) is 0 Å². The summed E-state index contributed by atoms with van der Waals surface area (Å²) >= 11 is 3.17. The van der Waals surface area contributed by atoms with Crippen molar-refractivity contribution in [1.82, 2.24) is 30.2 Å². The molecule has 0 N–H and O–H groups in total. The predicted molar refractivity (Wildman–Crippen MR) is 94.4 cm³/mol. The fraction of sp³-hybridized carbons (Fsp3) is 0.188. The van der Waals surface area contributed by atoms with Crippen LogP contribution in [-0.2, 0) is 6.54 Å². The minimum atomic E-state index is 0.631. The number of aromatic nitrogens is 6. The van der Waals surface area contributed by atoms with Crippen LogP contribution in [0.1, 0.15) is 16.0 Å². The van der Waals surface area contributed by atoms with Crippen LogP contribution < -0.4 is 0 Å². The van der Waals surface area contributed by atoms with Crippen molar-refractivity contribution in [3.63, 3.8) is 0 Å². The molecule has 0 bridgehead atoms. The Bertz CT molecular complexity index is 992. The van der Waals surface area contributed by atoms with Crippen LogP contribution in [0, 0.1) is 13.8 Å². The molecule has 0 saturated carbocycles. The Hall–Kier alpha value is -2.32. The third kappa shape index (κ3) is 2.78. The Morgan fingerprint density at radius 3 is 2.79 bits per heavy atom. The Balaban J connectivity index is 1.69. The number of tetrazole rings is 1. The zero-order chi connectivity index (χ0) is 16.5. The Morgan fingerprint density at radius 2 is 1.96 bits per heavy atom. The quantitative estimate of drug-likeness (QED) is 0.523. The molecular formula is C16H14N6S2. The molecular weight excluding hydrogens is 340 g/mol. The Labute approximate surface area is 147 Å². The molecule has 0 radical (unpaired) electrons. The Kier molecular flexibility index (Phi) is 3.99. The first-order valence-corrected chi connectivity index (χ1v) is 9.04. The van der Waals surface area contributed by atoms with E-state index < -0.39 is 0 Å². The van der Waals surface area contributed by atoms with Crippen LogP contribution >= 0.6 is 23.1 Å². The van der Waals surface area contributed by atoms with Gasteiger partial charge in [0.2, 0.25) is 5.16 Å². The van der Waals surface area contributed by atoms with Crippen LogP contribution in [0.3, 0.4) is 0 Å². The monoisotopic (exact) mass is 354 g/mol. The number of nitrogens with zero attached hydrogens (tertiary/aromatic N) is 6. The third-order valence-corrected chi connectivity index (χ3v) is 5.89. The number of aryl methyl sites for hydroxylation is 2. The van der Waals surface area contributed by atoms with Gasteiger partial charge < -0.3 is 0 Å². The number of rotatable bonds is 4. The van der Waals surface area contributed by atoms with E-state index in [-0.39, 0.29) is 0 Å². The lowest BCUT2D eigenvalue weighted by molar-refractivity contribution is 0.602. The van der Waals surface area contributed by atoms with Gasteiger partial charge in [0, 0.05) is 10.3 Å². The summed E-state index contributed by atoms with van der Waals surface area (Å²) in [5.74, 6) is 0. The van der Waals surface area contributed by atoms with Gasteiger partial charge in [-0.2, -0.15) is 0 Å². The molecule has 1 aromatic carbocycles. The van der Waals surface area contributed by atoms with Gasteiger partial charge in [-0.15, -0.1) is 16.4 Å². The lowest BCUT2D eigenvalue weighted by Crippen LogP contribution is -2.03. The van der Waals surface area contributed by atoms with Crippen LogP contribution in [0.15, 0.2) is 46.8 Å². The second kappa shape index (κ2) is 6.29. The van der Waals surface area contributed by atoms with Crippen molar-refractivity contribution in [2.45, 2.75) is 30.6 Å². The highest BCUT2D eigenvalue weighted by atomic mass is 32.2. The molecule has 3 heterocycles. The van der Waals surface area contributed by atoms with E-state index in [4.69, 9.17) is 0 Å². The van der Waals surface area contributed by atoms with E-state index in [1.165, 1.54) is 22.2 Å². The maximum absolute atomic E-state index is 4.45. The van der Waals surface area contributed by atoms with E-state index in [2.05, 4.69) is 51.5 Å². The highest BCUT2D eigenvalue weighted by Gasteiger charge is 2.16. The summed E-state index contributed by atoms with van der Waals surface area (Å²) in [6.45, 7) is 4.84. The second-order valence-electron chi connectivity index (χ2n) is 5.35. The van der Waals surface area contributed by atoms with Crippen molar-refractivity contribution in [2.24, 2.45) is 0 Å². The summed E-state index contributed by atoms with van der Waals surface area (Å²) in [6.07, 6.45) is 1.60. The van der Waals surface area contributed by atoms with Gasteiger partial charge in [-0.25, -0.2) is 14.6 Å². The Morgan fingerprint density at radius 1 is 1.12 bits per heavy atom. The summed E-state index contributed by atoms with van der Waals surface area (Å²) < 4.78 is 1.79. The summed E-state index contributed by atoms with van der Waals surface area (Å²) in [6, 6.07) is 10.1. The SMILES string of the molecule is Cc1sc2ncnc(Sc3nnnn3Cc3ccccc3)c2c1C. The maximum atomic E-state index is 4.45. The van der Waals surface area contributed by atoms with Crippen molar-refractivity contribution in [3.8, 4) is 0 Å². The molecule has 0 aliphatic rings. The van der Waals surface area contributed by atoms with Gasteiger partial charge in [0.05, 0.1) is 6.54 Å². The van der Waals surface area contributed by atoms with Crippen molar-refractivity contribution in [3.05, 3.63) is 52.7 Å². The number of thiophene rings is 1. The molecule has 0 fully saturated rings. The average Bonchev–Trinajstić information content (AvgIpc) is 3.14. The number of fused-ring (bicyclic) bond motifs is 1.